The van der Waals surface area contributed by atoms with E-state index in [4.69, 9.17) is 15.6 Å². The third kappa shape index (κ3) is 6.27. The quantitative estimate of drug-likeness (QED) is 0.222. The molecule has 12 nitrogen and oxygen atoms in total. The molecule has 1 aliphatic rings. The first-order valence-electron chi connectivity index (χ1n) is 14.3. The lowest BCUT2D eigenvalue weighted by Gasteiger charge is -2.15. The highest BCUT2D eigenvalue weighted by Crippen LogP contribution is 2.31. The number of pyridine rings is 1. The number of hydroxylamine groups is 2. The molecule has 0 aliphatic carbocycles. The second-order valence-corrected chi connectivity index (χ2v) is 10.7. The first-order chi connectivity index (χ1) is 20.7. The molecular weight excluding hydrogens is 552 g/mol. The van der Waals surface area contributed by atoms with E-state index >= 15 is 0 Å². The van der Waals surface area contributed by atoms with E-state index in [-0.39, 0.29) is 38.0 Å². The molecular formula is C31H34N6O6. The summed E-state index contributed by atoms with van der Waals surface area (Å²) in [6.45, 7) is 4.42. The number of phenols is 1. The van der Waals surface area contributed by atoms with Gasteiger partial charge in [-0.1, -0.05) is 37.6 Å². The van der Waals surface area contributed by atoms with Crippen LogP contribution in [-0.2, 0) is 43.5 Å². The first kappa shape index (κ1) is 29.5. The number of unbranched alkanes of at least 4 members (excludes halogenated alkanes) is 1. The summed E-state index contributed by atoms with van der Waals surface area (Å²) in [6.07, 6.45) is 2.19. The molecule has 1 aliphatic heterocycles. The van der Waals surface area contributed by atoms with Crippen LogP contribution >= 0.6 is 0 Å². The largest absolute Gasteiger partial charge is 0.507 e. The number of nitrogens with two attached hydrogens (primary N) is 1. The van der Waals surface area contributed by atoms with Crippen LogP contribution in [0.3, 0.4) is 0 Å². The molecule has 0 saturated carbocycles. The fraction of sp³-hybridized carbons (Fsp3) is 0.355. The van der Waals surface area contributed by atoms with Gasteiger partial charge in [-0.2, -0.15) is 0 Å². The first-order valence-corrected chi connectivity index (χ1v) is 14.3. The molecule has 2 aromatic carbocycles. The number of hydrogen-bond acceptors (Lipinski definition) is 9. The minimum Gasteiger partial charge on any atom is -0.507 e. The van der Waals surface area contributed by atoms with Crippen LogP contribution in [0.2, 0.25) is 0 Å². The maximum absolute atomic E-state index is 12.5. The Balaban J connectivity index is 1.33. The summed E-state index contributed by atoms with van der Waals surface area (Å²) in [5.74, 6) is -1.13. The van der Waals surface area contributed by atoms with Gasteiger partial charge in [-0.05, 0) is 36.6 Å². The lowest BCUT2D eigenvalue weighted by atomic mass is 10.0. The van der Waals surface area contributed by atoms with Crippen molar-refractivity contribution in [3.05, 3.63) is 58.9 Å². The number of aromatic hydroxyl groups is 1. The van der Waals surface area contributed by atoms with Crippen molar-refractivity contribution in [1.82, 2.24) is 24.9 Å². The second kappa shape index (κ2) is 12.5. The van der Waals surface area contributed by atoms with E-state index in [2.05, 4.69) is 21.8 Å². The van der Waals surface area contributed by atoms with Crippen molar-refractivity contribution in [2.24, 2.45) is 0 Å². The van der Waals surface area contributed by atoms with Crippen LogP contribution in [0.1, 0.15) is 68.0 Å². The molecule has 0 unspecified atom stereocenters. The molecule has 12 heteroatoms. The average Bonchev–Trinajstić information content (AvgIpc) is 3.51. The Kier molecular flexibility index (Phi) is 8.56. The van der Waals surface area contributed by atoms with Crippen LogP contribution in [0.4, 0.5) is 5.82 Å². The number of amides is 3. The van der Waals surface area contributed by atoms with Crippen molar-refractivity contribution in [3.63, 3.8) is 0 Å². The molecule has 4 aromatic rings. The third-order valence-electron chi connectivity index (χ3n) is 7.45. The van der Waals surface area contributed by atoms with Crippen molar-refractivity contribution >= 4 is 51.4 Å². The lowest BCUT2D eigenvalue weighted by molar-refractivity contribution is -0.197. The number of anilines is 1. The molecule has 5 rings (SSSR count). The summed E-state index contributed by atoms with van der Waals surface area (Å²) >= 11 is 0. The number of imidazole rings is 1. The molecule has 224 valence electrons. The molecule has 0 bridgehead atoms. The van der Waals surface area contributed by atoms with Crippen molar-refractivity contribution in [1.29, 1.82) is 0 Å². The summed E-state index contributed by atoms with van der Waals surface area (Å²) < 4.78 is 2.15. The van der Waals surface area contributed by atoms with E-state index in [0.29, 0.717) is 34.1 Å². The summed E-state index contributed by atoms with van der Waals surface area (Å²) in [6, 6.07) is 11.5. The number of aryl methyl sites for hydroxylation is 2. The topological polar surface area (TPSA) is 170 Å². The second-order valence-electron chi connectivity index (χ2n) is 10.7. The summed E-state index contributed by atoms with van der Waals surface area (Å²) in [4.78, 5) is 62.0. The van der Waals surface area contributed by atoms with Crippen LogP contribution in [0.5, 0.6) is 5.75 Å². The normalized spacial score (nSPS) is 13.3. The van der Waals surface area contributed by atoms with Crippen molar-refractivity contribution < 1.29 is 29.1 Å². The van der Waals surface area contributed by atoms with Gasteiger partial charge in [0.1, 0.15) is 17.1 Å². The molecule has 0 spiro atoms. The summed E-state index contributed by atoms with van der Waals surface area (Å²) in [5.41, 5.74) is 10.7. The highest BCUT2D eigenvalue weighted by molar-refractivity contribution is 6.06. The fourth-order valence-electron chi connectivity index (χ4n) is 5.25. The van der Waals surface area contributed by atoms with Crippen LogP contribution in [0.15, 0.2) is 36.4 Å². The van der Waals surface area contributed by atoms with Gasteiger partial charge in [-0.3, -0.25) is 14.4 Å². The van der Waals surface area contributed by atoms with Crippen LogP contribution in [0.25, 0.3) is 21.9 Å². The third-order valence-corrected chi connectivity index (χ3v) is 7.45. The number of rotatable bonds is 11. The average molecular weight is 587 g/mol. The minimum atomic E-state index is -0.853. The Morgan fingerprint density at radius 2 is 1.84 bits per heavy atom. The molecule has 0 atom stereocenters. The van der Waals surface area contributed by atoms with E-state index in [0.717, 1.165) is 47.1 Å². The molecule has 1 fully saturated rings. The molecule has 4 N–H and O–H groups in total. The van der Waals surface area contributed by atoms with Gasteiger partial charge in [0.05, 0.1) is 17.5 Å². The van der Waals surface area contributed by atoms with Gasteiger partial charge in [0.2, 0.25) is 5.91 Å². The Labute approximate surface area is 247 Å². The van der Waals surface area contributed by atoms with E-state index in [1.165, 1.54) is 0 Å². The van der Waals surface area contributed by atoms with Gasteiger partial charge in [0, 0.05) is 49.7 Å². The van der Waals surface area contributed by atoms with Crippen LogP contribution < -0.4 is 11.1 Å². The molecule has 0 radical (unpaired) electrons. The van der Waals surface area contributed by atoms with Gasteiger partial charge in [0.15, 0.2) is 5.82 Å². The Morgan fingerprint density at radius 3 is 2.58 bits per heavy atom. The number of carbonyl (C=O) groups is 4. The zero-order valence-electron chi connectivity index (χ0n) is 24.2. The van der Waals surface area contributed by atoms with Crippen molar-refractivity contribution in [3.8, 4) is 5.75 Å². The number of phenolic OH excluding ortho intramolecular Hbond substituents is 1. The predicted octanol–water partition coefficient (Wildman–Crippen LogP) is 3.58. The Morgan fingerprint density at radius 1 is 1.09 bits per heavy atom. The number of carbonyl (C=O) groups excluding carboxylic acids is 4. The number of para-hydroxylation sites is 1. The van der Waals surface area contributed by atoms with Gasteiger partial charge < -0.3 is 25.6 Å². The zero-order chi connectivity index (χ0) is 30.7. The summed E-state index contributed by atoms with van der Waals surface area (Å²) in [5, 5.41) is 14.9. The lowest BCUT2D eigenvalue weighted by Crippen LogP contribution is -2.32. The SMILES string of the molecule is CCCCc1nc2c(N)nc3ccccc3c2n1Cc1cc(C)c(O)c(CNC(=O)CCC(=O)ON2C(=O)CCC2=O)c1. The molecule has 2 aromatic heterocycles. The smallest absolute Gasteiger partial charge is 0.333 e. The van der Waals surface area contributed by atoms with E-state index in [1.54, 1.807) is 6.92 Å². The fourth-order valence-corrected chi connectivity index (χ4v) is 5.25. The number of aromatic nitrogens is 3. The van der Waals surface area contributed by atoms with E-state index in [9.17, 15) is 24.3 Å². The number of nitrogen functional groups attached to an aromatic ring is 1. The number of nitrogens with one attached hydrogen (secondary N) is 1. The highest BCUT2D eigenvalue weighted by atomic mass is 16.7. The minimum absolute atomic E-state index is 0.00640. The van der Waals surface area contributed by atoms with Gasteiger partial charge in [-0.15, -0.1) is 5.06 Å². The molecule has 3 amide bonds. The maximum atomic E-state index is 12.5. The summed E-state index contributed by atoms with van der Waals surface area (Å²) in [7, 11) is 0. The monoisotopic (exact) mass is 586 g/mol. The van der Waals surface area contributed by atoms with Gasteiger partial charge >= 0.3 is 5.97 Å². The van der Waals surface area contributed by atoms with Gasteiger partial charge in [0.25, 0.3) is 11.8 Å². The number of fused-ring (bicyclic) bond motifs is 3. The van der Waals surface area contributed by atoms with Crippen molar-refractivity contribution in [2.45, 2.75) is 71.9 Å². The Hall–Kier alpha value is -5.00. The molecule has 43 heavy (non-hydrogen) atoms. The Bertz CT molecular complexity index is 1730. The molecule has 1 saturated heterocycles. The van der Waals surface area contributed by atoms with E-state index in [1.807, 2.05) is 36.4 Å². The van der Waals surface area contributed by atoms with Crippen LogP contribution in [-0.4, -0.2) is 48.4 Å². The predicted molar refractivity (Wildman–Crippen MR) is 158 cm³/mol. The van der Waals surface area contributed by atoms with Crippen molar-refractivity contribution in [2.75, 3.05) is 5.73 Å². The number of hydrogen-bond donors (Lipinski definition) is 3. The number of imide groups is 1. The number of nitrogens with zero attached hydrogens (tertiary/aromatic N) is 4. The standard InChI is InChI=1S/C31H34N6O6/c1-3-4-9-23-35-28-29(21-7-5-6-8-22(21)34-31(28)32)36(23)17-19-14-18(2)30(42)20(15-19)16-33-24(38)10-13-27(41)43-37-25(39)11-12-26(37)40/h5-8,14-15,42H,3-4,9-13,16-17H2,1-2H3,(H2,32,34)(H,33,38). The van der Waals surface area contributed by atoms with Crippen LogP contribution in [0, 0.1) is 6.92 Å². The van der Waals surface area contributed by atoms with Gasteiger partial charge in [-0.25, -0.2) is 14.8 Å². The van der Waals surface area contributed by atoms with E-state index < -0.39 is 23.7 Å². The highest BCUT2D eigenvalue weighted by Gasteiger charge is 2.32. The number of benzene rings is 2. The molecule has 3 heterocycles. The maximum Gasteiger partial charge on any atom is 0.333 e. The zero-order valence-corrected chi connectivity index (χ0v) is 24.2.